The summed E-state index contributed by atoms with van der Waals surface area (Å²) in [5.74, 6) is 0.00904. The SMILES string of the molecule is Cc1[nH]cnc1CN(CCO)C(=O)CCCOCc1ccccc1. The third-order valence-electron chi connectivity index (χ3n) is 3.79. The molecule has 1 amide bonds. The number of H-pyrrole nitrogens is 1. The van der Waals surface area contributed by atoms with Gasteiger partial charge in [0.25, 0.3) is 0 Å². The molecule has 6 nitrogen and oxygen atoms in total. The third kappa shape index (κ3) is 5.79. The van der Waals surface area contributed by atoms with Crippen LogP contribution in [0.25, 0.3) is 0 Å². The second-order valence-electron chi connectivity index (χ2n) is 5.65. The van der Waals surface area contributed by atoms with E-state index in [1.807, 2.05) is 37.3 Å². The topological polar surface area (TPSA) is 78.5 Å². The van der Waals surface area contributed by atoms with E-state index in [1.54, 1.807) is 11.2 Å². The van der Waals surface area contributed by atoms with E-state index >= 15 is 0 Å². The minimum Gasteiger partial charge on any atom is -0.395 e. The highest BCUT2D eigenvalue weighted by Gasteiger charge is 2.15. The Morgan fingerprint density at radius 1 is 1.33 bits per heavy atom. The highest BCUT2D eigenvalue weighted by molar-refractivity contribution is 5.76. The number of aromatic nitrogens is 2. The van der Waals surface area contributed by atoms with Crippen LogP contribution in [0.2, 0.25) is 0 Å². The maximum absolute atomic E-state index is 12.3. The average molecular weight is 331 g/mol. The van der Waals surface area contributed by atoms with Gasteiger partial charge in [0.15, 0.2) is 0 Å². The quantitative estimate of drug-likeness (QED) is 0.653. The Kier molecular flexibility index (Phi) is 7.45. The zero-order chi connectivity index (χ0) is 17.2. The van der Waals surface area contributed by atoms with Crippen LogP contribution in [0.4, 0.5) is 0 Å². The lowest BCUT2D eigenvalue weighted by Gasteiger charge is -2.21. The van der Waals surface area contributed by atoms with Gasteiger partial charge in [0.2, 0.25) is 5.91 Å². The van der Waals surface area contributed by atoms with E-state index in [2.05, 4.69) is 9.97 Å². The first-order valence-electron chi connectivity index (χ1n) is 8.20. The lowest BCUT2D eigenvalue weighted by atomic mass is 10.2. The van der Waals surface area contributed by atoms with Gasteiger partial charge in [0.1, 0.15) is 0 Å². The molecule has 6 heteroatoms. The van der Waals surface area contributed by atoms with Crippen molar-refractivity contribution in [3.05, 3.63) is 53.6 Å². The minimum atomic E-state index is -0.0558. The summed E-state index contributed by atoms with van der Waals surface area (Å²) >= 11 is 0. The summed E-state index contributed by atoms with van der Waals surface area (Å²) in [5, 5.41) is 9.17. The Hall–Kier alpha value is -2.18. The van der Waals surface area contributed by atoms with Gasteiger partial charge in [-0.1, -0.05) is 30.3 Å². The molecule has 0 unspecified atom stereocenters. The van der Waals surface area contributed by atoms with Gasteiger partial charge in [-0.15, -0.1) is 0 Å². The molecule has 0 bridgehead atoms. The first kappa shape index (κ1) is 18.2. The molecular formula is C18H25N3O3. The number of carbonyl (C=O) groups excluding carboxylic acids is 1. The van der Waals surface area contributed by atoms with Crippen LogP contribution >= 0.6 is 0 Å². The van der Waals surface area contributed by atoms with Gasteiger partial charge in [0, 0.05) is 25.3 Å². The molecular weight excluding hydrogens is 306 g/mol. The fourth-order valence-corrected chi connectivity index (χ4v) is 2.39. The van der Waals surface area contributed by atoms with Gasteiger partial charge in [-0.3, -0.25) is 4.79 Å². The third-order valence-corrected chi connectivity index (χ3v) is 3.79. The van der Waals surface area contributed by atoms with Crippen molar-refractivity contribution >= 4 is 5.91 Å². The number of ether oxygens (including phenoxy) is 1. The van der Waals surface area contributed by atoms with Crippen molar-refractivity contribution in [2.45, 2.75) is 32.9 Å². The maximum atomic E-state index is 12.3. The molecule has 0 atom stereocenters. The average Bonchev–Trinajstić information content (AvgIpc) is 3.00. The van der Waals surface area contributed by atoms with Crippen LogP contribution in [0, 0.1) is 6.92 Å². The first-order chi connectivity index (χ1) is 11.7. The molecule has 0 saturated carbocycles. The van der Waals surface area contributed by atoms with Gasteiger partial charge in [0.05, 0.1) is 31.8 Å². The van der Waals surface area contributed by atoms with Gasteiger partial charge in [-0.05, 0) is 18.9 Å². The Morgan fingerprint density at radius 2 is 2.12 bits per heavy atom. The standard InChI is InChI=1S/C18H25N3O3/c1-15-17(20-14-19-15)12-21(9-10-22)18(23)8-5-11-24-13-16-6-3-2-4-7-16/h2-4,6-7,14,22H,5,8-13H2,1H3,(H,19,20). The molecule has 0 aliphatic heterocycles. The van der Waals surface area contributed by atoms with Crippen molar-refractivity contribution in [1.29, 1.82) is 0 Å². The summed E-state index contributed by atoms with van der Waals surface area (Å²) in [6, 6.07) is 9.96. The number of hydrogen-bond donors (Lipinski definition) is 2. The molecule has 0 radical (unpaired) electrons. The number of imidazole rings is 1. The molecule has 0 aliphatic rings. The number of rotatable bonds is 10. The van der Waals surface area contributed by atoms with E-state index < -0.39 is 0 Å². The molecule has 0 spiro atoms. The Bertz CT molecular complexity index is 613. The summed E-state index contributed by atoms with van der Waals surface area (Å²) < 4.78 is 5.60. The van der Waals surface area contributed by atoms with Crippen LogP contribution in [0.3, 0.4) is 0 Å². The fourth-order valence-electron chi connectivity index (χ4n) is 2.39. The van der Waals surface area contributed by atoms with Crippen LogP contribution in [0.15, 0.2) is 36.7 Å². The molecule has 0 saturated heterocycles. The monoisotopic (exact) mass is 331 g/mol. The second-order valence-corrected chi connectivity index (χ2v) is 5.65. The van der Waals surface area contributed by atoms with Gasteiger partial charge >= 0.3 is 0 Å². The number of nitrogens with one attached hydrogen (secondary N) is 1. The van der Waals surface area contributed by atoms with E-state index in [-0.39, 0.29) is 12.5 Å². The lowest BCUT2D eigenvalue weighted by molar-refractivity contribution is -0.132. The molecule has 0 fully saturated rings. The van der Waals surface area contributed by atoms with Crippen LogP contribution in [-0.4, -0.2) is 45.6 Å². The molecule has 0 aliphatic carbocycles. The van der Waals surface area contributed by atoms with E-state index in [9.17, 15) is 9.90 Å². The second kappa shape index (κ2) is 9.85. The van der Waals surface area contributed by atoms with Crippen LogP contribution in [-0.2, 0) is 22.7 Å². The fraction of sp³-hybridized carbons (Fsp3) is 0.444. The number of amides is 1. The highest BCUT2D eigenvalue weighted by Crippen LogP contribution is 2.08. The van der Waals surface area contributed by atoms with E-state index in [1.165, 1.54) is 0 Å². The lowest BCUT2D eigenvalue weighted by Crippen LogP contribution is -2.33. The van der Waals surface area contributed by atoms with Crippen LogP contribution in [0.5, 0.6) is 0 Å². The van der Waals surface area contributed by atoms with Crippen molar-refractivity contribution in [1.82, 2.24) is 14.9 Å². The van der Waals surface area contributed by atoms with Crippen molar-refractivity contribution < 1.29 is 14.6 Å². The smallest absolute Gasteiger partial charge is 0.223 e. The Labute approximate surface area is 142 Å². The van der Waals surface area contributed by atoms with E-state index in [4.69, 9.17) is 4.74 Å². The molecule has 1 aromatic heterocycles. The van der Waals surface area contributed by atoms with E-state index in [0.717, 1.165) is 17.0 Å². The number of aliphatic hydroxyl groups excluding tert-OH is 1. The highest BCUT2D eigenvalue weighted by atomic mass is 16.5. The summed E-state index contributed by atoms with van der Waals surface area (Å²) in [7, 11) is 0. The Balaban J connectivity index is 1.71. The molecule has 2 aromatic rings. The Morgan fingerprint density at radius 3 is 2.79 bits per heavy atom. The zero-order valence-corrected chi connectivity index (χ0v) is 14.1. The predicted octanol–water partition coefficient (Wildman–Crippen LogP) is 2.04. The van der Waals surface area contributed by atoms with Crippen LogP contribution < -0.4 is 0 Å². The number of benzene rings is 1. The first-order valence-corrected chi connectivity index (χ1v) is 8.20. The molecule has 2 N–H and O–H groups in total. The molecule has 24 heavy (non-hydrogen) atoms. The number of carbonyl (C=O) groups is 1. The summed E-state index contributed by atoms with van der Waals surface area (Å²) in [6.45, 7) is 3.69. The van der Waals surface area contributed by atoms with Crippen LogP contribution in [0.1, 0.15) is 29.8 Å². The van der Waals surface area contributed by atoms with Crippen molar-refractivity contribution in [3.63, 3.8) is 0 Å². The van der Waals surface area contributed by atoms with Gasteiger partial charge in [-0.2, -0.15) is 0 Å². The van der Waals surface area contributed by atoms with E-state index in [0.29, 0.717) is 39.1 Å². The zero-order valence-electron chi connectivity index (χ0n) is 14.1. The van der Waals surface area contributed by atoms with Gasteiger partial charge in [-0.25, -0.2) is 4.98 Å². The number of nitrogens with zero attached hydrogens (tertiary/aromatic N) is 2. The molecule has 2 rings (SSSR count). The number of aromatic amines is 1. The maximum Gasteiger partial charge on any atom is 0.223 e. The molecule has 1 aromatic carbocycles. The number of hydrogen-bond acceptors (Lipinski definition) is 4. The summed E-state index contributed by atoms with van der Waals surface area (Å²) in [6.07, 6.45) is 2.68. The molecule has 1 heterocycles. The van der Waals surface area contributed by atoms with Crippen molar-refractivity contribution in [3.8, 4) is 0 Å². The minimum absolute atomic E-state index is 0.00904. The predicted molar refractivity (Wildman–Crippen MR) is 91.2 cm³/mol. The number of aliphatic hydroxyl groups is 1. The molecule has 130 valence electrons. The number of aryl methyl sites for hydroxylation is 1. The van der Waals surface area contributed by atoms with Gasteiger partial charge < -0.3 is 19.7 Å². The summed E-state index contributed by atoms with van der Waals surface area (Å²) in [5.41, 5.74) is 2.90. The van der Waals surface area contributed by atoms with Crippen molar-refractivity contribution in [2.24, 2.45) is 0 Å². The largest absolute Gasteiger partial charge is 0.395 e. The normalized spacial score (nSPS) is 10.8. The summed E-state index contributed by atoms with van der Waals surface area (Å²) in [4.78, 5) is 21.2. The van der Waals surface area contributed by atoms with Crippen molar-refractivity contribution in [2.75, 3.05) is 19.8 Å².